The molecule has 0 saturated carbocycles. The van der Waals surface area contributed by atoms with Crippen molar-refractivity contribution in [2.75, 3.05) is 6.61 Å². The molecular weight excluding hydrogens is 489 g/mol. The zero-order valence-electron chi connectivity index (χ0n) is 14.9. The predicted octanol–water partition coefficient (Wildman–Crippen LogP) is 4.04. The van der Waals surface area contributed by atoms with Crippen LogP contribution >= 0.6 is 23.2 Å². The molecule has 0 amide bonds. The van der Waals surface area contributed by atoms with Gasteiger partial charge < -0.3 is 33.1 Å². The van der Waals surface area contributed by atoms with Gasteiger partial charge in [-0.25, -0.2) is 5.26 Å². The number of phenols is 1. The van der Waals surface area contributed by atoms with Crippen molar-refractivity contribution in [2.45, 2.75) is 12.8 Å². The fourth-order valence-electron chi connectivity index (χ4n) is 1.81. The Morgan fingerprint density at radius 3 is 2.52 bits per heavy atom. The Hall–Kier alpha value is -2.05. The number of aliphatic hydroxyl groups is 1. The van der Waals surface area contributed by atoms with Gasteiger partial charge in [0, 0.05) is 17.0 Å². The monoisotopic (exact) mass is 505 g/mol. The van der Waals surface area contributed by atoms with Gasteiger partial charge in [-0.1, -0.05) is 40.7 Å². The minimum absolute atomic E-state index is 0. The molecule has 29 heavy (non-hydrogen) atoms. The molecule has 0 aliphatic rings. The van der Waals surface area contributed by atoms with Crippen LogP contribution in [0.3, 0.4) is 0 Å². The molecule has 160 valence electrons. The summed E-state index contributed by atoms with van der Waals surface area (Å²) >= 11 is 15.5. The van der Waals surface area contributed by atoms with Crippen LogP contribution in [0.4, 0.5) is 0 Å². The second kappa shape index (κ2) is 16.9. The molecule has 7 nitrogen and oxygen atoms in total. The van der Waals surface area contributed by atoms with Gasteiger partial charge >= 0.3 is 17.1 Å². The summed E-state index contributed by atoms with van der Waals surface area (Å²) in [6.45, 7) is 0.365. The molecule has 0 radical (unpaired) electrons. The Balaban J connectivity index is 0. The third-order valence-electron chi connectivity index (χ3n) is 3.00. The van der Waals surface area contributed by atoms with Gasteiger partial charge in [-0.15, -0.1) is 5.10 Å². The summed E-state index contributed by atoms with van der Waals surface area (Å²) in [7, 11) is 0. The second-order valence-corrected chi connectivity index (χ2v) is 5.96. The summed E-state index contributed by atoms with van der Waals surface area (Å²) in [5, 5.41) is 36.1. The average Bonchev–Trinajstić information content (AvgIpc) is 2.62. The Bertz CT molecular complexity index is 848. The standard InChI is InChI=1S/C17H16Cl2N2O3.CHNS.Cu.H2O/c18-13-7-8-16(14(19)10-13)24-9-3-6-17(23)21-20-11-12-4-1-2-5-15(12)22;2-1-3;;/h1-2,4-5,7-8,10-11,22H,3,6,9H2,(H,21,23);3H;;1H2/q;;+1;/p-1/b20-11+;;;. The molecule has 4 N–H and O–H groups in total. The van der Waals surface area contributed by atoms with Gasteiger partial charge in [-0.3, -0.25) is 0 Å². The Morgan fingerprint density at radius 1 is 1.24 bits per heavy atom. The van der Waals surface area contributed by atoms with Crippen molar-refractivity contribution < 1.29 is 37.5 Å². The largest absolute Gasteiger partial charge is 1.00 e. The van der Waals surface area contributed by atoms with Gasteiger partial charge in [-0.05, 0) is 36.8 Å². The molecule has 0 atom stereocenters. The van der Waals surface area contributed by atoms with Crippen LogP contribution in [0.2, 0.25) is 10.0 Å². The maximum absolute atomic E-state index is 9.66. The Labute approximate surface area is 194 Å². The molecule has 0 heterocycles. The van der Waals surface area contributed by atoms with Crippen molar-refractivity contribution in [2.24, 2.45) is 10.2 Å². The molecular formula is C18H18Cl2CuN3O4S. The van der Waals surface area contributed by atoms with E-state index in [4.69, 9.17) is 33.2 Å². The van der Waals surface area contributed by atoms with Crippen LogP contribution < -0.4 is 4.74 Å². The number of rotatable bonds is 7. The molecule has 0 saturated heterocycles. The van der Waals surface area contributed by atoms with Crippen molar-refractivity contribution in [1.29, 1.82) is 5.26 Å². The Morgan fingerprint density at radius 2 is 1.90 bits per heavy atom. The molecule has 11 heteroatoms. The number of nitriles is 1. The molecule has 2 rings (SSSR count). The van der Waals surface area contributed by atoms with Crippen LogP contribution in [0, 0.1) is 10.7 Å². The number of nitrogens with zero attached hydrogens (tertiary/aromatic N) is 3. The van der Waals surface area contributed by atoms with E-state index in [9.17, 15) is 10.2 Å². The topological polar surface area (TPSA) is 130 Å². The zero-order chi connectivity index (χ0) is 20.1. The number of hydrogen-bond donors (Lipinski definition) is 2. The van der Waals surface area contributed by atoms with Crippen LogP contribution in [-0.4, -0.2) is 34.4 Å². The summed E-state index contributed by atoms with van der Waals surface area (Å²) < 4.78 is 5.50. The summed E-state index contributed by atoms with van der Waals surface area (Å²) in [5.74, 6) is 0.520. The van der Waals surface area contributed by atoms with Gasteiger partial charge in [0.15, 0.2) is 0 Å². The van der Waals surface area contributed by atoms with Crippen LogP contribution in [0.25, 0.3) is 0 Å². The first kappa shape index (κ1) is 29.2. The van der Waals surface area contributed by atoms with E-state index in [1.54, 1.807) is 42.5 Å². The zero-order valence-corrected chi connectivity index (χ0v) is 18.1. The molecule has 0 aliphatic heterocycles. The van der Waals surface area contributed by atoms with Gasteiger partial charge in [-0.2, -0.15) is 5.10 Å². The number of hydrogen-bond acceptors (Lipinski definition) is 6. The summed E-state index contributed by atoms with van der Waals surface area (Å²) in [5.41, 5.74) is 0.523. The van der Waals surface area contributed by atoms with Crippen LogP contribution in [0.5, 0.6) is 11.5 Å². The van der Waals surface area contributed by atoms with E-state index in [1.807, 2.05) is 0 Å². The van der Waals surface area contributed by atoms with E-state index >= 15 is 0 Å². The minimum atomic E-state index is -0.118. The fraction of sp³-hybridized carbons (Fsp3) is 0.167. The Kier molecular flexibility index (Phi) is 17.0. The van der Waals surface area contributed by atoms with Gasteiger partial charge in [0.25, 0.3) is 0 Å². The molecule has 0 fully saturated rings. The smallest absolute Gasteiger partial charge is 0.696 e. The predicted molar refractivity (Wildman–Crippen MR) is 114 cm³/mol. The van der Waals surface area contributed by atoms with Gasteiger partial charge in [0.1, 0.15) is 11.5 Å². The van der Waals surface area contributed by atoms with E-state index in [-0.39, 0.29) is 34.2 Å². The number of benzene rings is 2. The first-order chi connectivity index (χ1) is 13.0. The maximum Gasteiger partial charge on any atom is 1.00 e. The third-order valence-corrected chi connectivity index (χ3v) is 3.53. The molecule has 2 aromatic carbocycles. The van der Waals surface area contributed by atoms with Crippen LogP contribution in [0.1, 0.15) is 18.4 Å². The molecule has 0 bridgehead atoms. The molecule has 2 aromatic rings. The summed E-state index contributed by atoms with van der Waals surface area (Å²) in [4.78, 5) is 0. The van der Waals surface area contributed by atoms with E-state index in [0.29, 0.717) is 40.8 Å². The van der Waals surface area contributed by atoms with Crippen molar-refractivity contribution in [1.82, 2.24) is 0 Å². The van der Waals surface area contributed by atoms with Crippen molar-refractivity contribution in [3.63, 3.8) is 0 Å². The molecule has 0 aromatic heterocycles. The van der Waals surface area contributed by atoms with Gasteiger partial charge in [0.2, 0.25) is 5.90 Å². The quantitative estimate of drug-likeness (QED) is 0.111. The SMILES string of the molecule is N#C[S-].O.O/C(CCCOc1ccc(Cl)cc1Cl)=N\N=C\c1ccccc1O.[Cu+]. The number of thiocyanates is 1. The van der Waals surface area contributed by atoms with E-state index in [1.165, 1.54) is 11.6 Å². The minimum Gasteiger partial charge on any atom is -0.696 e. The van der Waals surface area contributed by atoms with Crippen molar-refractivity contribution in [3.05, 3.63) is 58.1 Å². The maximum atomic E-state index is 9.66. The van der Waals surface area contributed by atoms with Crippen LogP contribution in [-0.2, 0) is 29.7 Å². The van der Waals surface area contributed by atoms with Crippen LogP contribution in [0.15, 0.2) is 52.7 Å². The number of aliphatic hydroxyl groups excluding tert-OH is 1. The van der Waals surface area contributed by atoms with E-state index < -0.39 is 0 Å². The first-order valence-electron chi connectivity index (χ1n) is 7.64. The number of halogens is 2. The van der Waals surface area contributed by atoms with E-state index in [2.05, 4.69) is 22.8 Å². The first-order valence-corrected chi connectivity index (χ1v) is 8.80. The normalized spacial score (nSPS) is 10.0. The number of ether oxygens (including phenoxy) is 1. The second-order valence-electron chi connectivity index (χ2n) is 4.94. The molecule has 0 spiro atoms. The summed E-state index contributed by atoms with van der Waals surface area (Å²) in [6.07, 6.45) is 2.22. The number of aromatic hydroxyl groups is 1. The number of phenolic OH excluding ortho intramolecular Hbond substituents is 1. The van der Waals surface area contributed by atoms with Crippen molar-refractivity contribution >= 4 is 47.9 Å². The summed E-state index contributed by atoms with van der Waals surface area (Å²) in [6, 6.07) is 11.7. The van der Waals surface area contributed by atoms with Gasteiger partial charge in [0.05, 0.1) is 17.8 Å². The molecule has 0 unspecified atom stereocenters. The van der Waals surface area contributed by atoms with Crippen molar-refractivity contribution in [3.8, 4) is 16.9 Å². The molecule has 0 aliphatic carbocycles. The fourth-order valence-corrected chi connectivity index (χ4v) is 2.27. The average molecular weight is 507 g/mol. The number of para-hydroxylation sites is 1. The van der Waals surface area contributed by atoms with E-state index in [0.717, 1.165) is 0 Å². The third kappa shape index (κ3) is 12.2.